The zero-order chi connectivity index (χ0) is 14.3. The maximum Gasteiger partial charge on any atom is 0.328 e. The number of ether oxygens (including phenoxy) is 1. The van der Waals surface area contributed by atoms with E-state index in [2.05, 4.69) is 4.74 Å². The average Bonchev–Trinajstić information content (AvgIpc) is 2.35. The van der Waals surface area contributed by atoms with Crippen LogP contribution in [0.15, 0.2) is 24.3 Å². The number of thioether (sulfide) groups is 1. The van der Waals surface area contributed by atoms with Crippen molar-refractivity contribution in [1.82, 2.24) is 0 Å². The van der Waals surface area contributed by atoms with Gasteiger partial charge >= 0.3 is 11.9 Å². The van der Waals surface area contributed by atoms with Crippen LogP contribution in [0.25, 0.3) is 6.08 Å². The van der Waals surface area contributed by atoms with Crippen molar-refractivity contribution in [1.29, 1.82) is 0 Å². The quantitative estimate of drug-likeness (QED) is 0.641. The Kier molecular flexibility index (Phi) is 6.08. The second-order valence-electron chi connectivity index (χ2n) is 3.63. The molecule has 1 rings (SSSR count). The number of carboxylic acids is 1. The molecule has 0 aromatic heterocycles. The van der Waals surface area contributed by atoms with E-state index in [-0.39, 0.29) is 11.7 Å². The number of rotatable bonds is 6. The van der Waals surface area contributed by atoms with Crippen molar-refractivity contribution in [2.75, 3.05) is 12.9 Å². The van der Waals surface area contributed by atoms with Gasteiger partial charge in [0, 0.05) is 11.8 Å². The maximum absolute atomic E-state index is 13.3. The van der Waals surface area contributed by atoms with Crippen LogP contribution in [0.3, 0.4) is 0 Å². The molecule has 0 atom stereocenters. The van der Waals surface area contributed by atoms with E-state index in [1.165, 1.54) is 37.1 Å². The molecule has 0 saturated heterocycles. The summed E-state index contributed by atoms with van der Waals surface area (Å²) in [6.07, 6.45) is 2.26. The van der Waals surface area contributed by atoms with Gasteiger partial charge in [-0.1, -0.05) is 6.07 Å². The molecule has 6 heteroatoms. The SMILES string of the molecule is COC(=O)CSCc1cc(F)cc(C=CC(=O)O)c1. The summed E-state index contributed by atoms with van der Waals surface area (Å²) in [5.74, 6) is -1.24. The Labute approximate surface area is 114 Å². The molecule has 1 aromatic rings. The van der Waals surface area contributed by atoms with Gasteiger partial charge in [0.05, 0.1) is 12.9 Å². The largest absolute Gasteiger partial charge is 0.478 e. The summed E-state index contributed by atoms with van der Waals surface area (Å²) in [6.45, 7) is 0. The average molecular weight is 284 g/mol. The maximum atomic E-state index is 13.3. The second kappa shape index (κ2) is 7.58. The summed E-state index contributed by atoms with van der Waals surface area (Å²) in [7, 11) is 1.31. The third-order valence-electron chi connectivity index (χ3n) is 2.11. The molecule has 19 heavy (non-hydrogen) atoms. The van der Waals surface area contributed by atoms with E-state index in [0.717, 1.165) is 6.08 Å². The summed E-state index contributed by atoms with van der Waals surface area (Å²) < 4.78 is 17.8. The fourth-order valence-electron chi connectivity index (χ4n) is 1.33. The molecule has 0 heterocycles. The molecule has 0 unspecified atom stereocenters. The molecule has 1 aromatic carbocycles. The van der Waals surface area contributed by atoms with Crippen LogP contribution in [-0.4, -0.2) is 29.9 Å². The molecule has 0 amide bonds. The summed E-state index contributed by atoms with van der Waals surface area (Å²) in [5.41, 5.74) is 1.15. The lowest BCUT2D eigenvalue weighted by atomic mass is 10.1. The number of carbonyl (C=O) groups is 2. The zero-order valence-electron chi connectivity index (χ0n) is 10.3. The third kappa shape index (κ3) is 6.05. The molecule has 0 fully saturated rings. The number of hydrogen-bond donors (Lipinski definition) is 1. The minimum absolute atomic E-state index is 0.188. The van der Waals surface area contributed by atoms with Gasteiger partial charge in [0.15, 0.2) is 0 Å². The molecule has 0 aliphatic carbocycles. The van der Waals surface area contributed by atoms with Crippen LogP contribution in [0.2, 0.25) is 0 Å². The van der Waals surface area contributed by atoms with Gasteiger partial charge in [-0.2, -0.15) is 0 Å². The van der Waals surface area contributed by atoms with Crippen molar-refractivity contribution < 1.29 is 23.8 Å². The van der Waals surface area contributed by atoms with Crippen LogP contribution < -0.4 is 0 Å². The van der Waals surface area contributed by atoms with Crippen LogP contribution in [0.4, 0.5) is 4.39 Å². The van der Waals surface area contributed by atoms with Gasteiger partial charge < -0.3 is 9.84 Å². The molecule has 0 radical (unpaired) electrons. The van der Waals surface area contributed by atoms with Crippen LogP contribution in [-0.2, 0) is 20.1 Å². The van der Waals surface area contributed by atoms with Crippen LogP contribution in [0.5, 0.6) is 0 Å². The van der Waals surface area contributed by atoms with E-state index in [4.69, 9.17) is 5.11 Å². The van der Waals surface area contributed by atoms with Gasteiger partial charge in [-0.05, 0) is 29.3 Å². The molecule has 4 nitrogen and oxygen atoms in total. The molecule has 0 aliphatic heterocycles. The molecule has 1 N–H and O–H groups in total. The Balaban J connectivity index is 2.68. The lowest BCUT2D eigenvalue weighted by molar-refractivity contribution is -0.137. The van der Waals surface area contributed by atoms with Crippen molar-refractivity contribution in [3.8, 4) is 0 Å². The van der Waals surface area contributed by atoms with E-state index in [0.29, 0.717) is 16.9 Å². The normalized spacial score (nSPS) is 10.6. The number of carboxylic acid groups (broad SMARTS) is 1. The summed E-state index contributed by atoms with van der Waals surface area (Å²) in [6, 6.07) is 4.27. The number of halogens is 1. The monoisotopic (exact) mass is 284 g/mol. The summed E-state index contributed by atoms with van der Waals surface area (Å²) >= 11 is 1.30. The first-order chi connectivity index (χ1) is 9.01. The van der Waals surface area contributed by atoms with E-state index in [9.17, 15) is 14.0 Å². The molecule has 0 aliphatic rings. The molecule has 102 valence electrons. The molecule has 0 saturated carbocycles. The molecular formula is C13H13FO4S. The number of aliphatic carboxylic acids is 1. The van der Waals surface area contributed by atoms with Crippen molar-refractivity contribution in [2.45, 2.75) is 5.75 Å². The number of benzene rings is 1. The Morgan fingerprint density at radius 2 is 2.16 bits per heavy atom. The number of carbonyl (C=O) groups excluding carboxylic acids is 1. The minimum Gasteiger partial charge on any atom is -0.478 e. The second-order valence-corrected chi connectivity index (χ2v) is 4.62. The fourth-order valence-corrected chi connectivity index (χ4v) is 2.12. The van der Waals surface area contributed by atoms with Crippen LogP contribution in [0, 0.1) is 5.82 Å². The van der Waals surface area contributed by atoms with E-state index in [1.54, 1.807) is 6.07 Å². The zero-order valence-corrected chi connectivity index (χ0v) is 11.1. The highest BCUT2D eigenvalue weighted by Crippen LogP contribution is 2.17. The molecule has 0 spiro atoms. The van der Waals surface area contributed by atoms with Crippen molar-refractivity contribution in [3.05, 3.63) is 41.2 Å². The van der Waals surface area contributed by atoms with Gasteiger partial charge in [0.2, 0.25) is 0 Å². The van der Waals surface area contributed by atoms with E-state index in [1.807, 2.05) is 0 Å². The van der Waals surface area contributed by atoms with Gasteiger partial charge in [-0.15, -0.1) is 11.8 Å². The Hall–Kier alpha value is -1.82. The Morgan fingerprint density at radius 1 is 1.42 bits per heavy atom. The van der Waals surface area contributed by atoms with Crippen LogP contribution in [0.1, 0.15) is 11.1 Å². The lowest BCUT2D eigenvalue weighted by Gasteiger charge is -2.03. The summed E-state index contributed by atoms with van der Waals surface area (Å²) in [4.78, 5) is 21.3. The van der Waals surface area contributed by atoms with Gasteiger partial charge in [-0.3, -0.25) is 4.79 Å². The first-order valence-corrected chi connectivity index (χ1v) is 6.52. The Bertz CT molecular complexity index is 499. The first kappa shape index (κ1) is 15.2. The fraction of sp³-hybridized carbons (Fsp3) is 0.231. The van der Waals surface area contributed by atoms with Crippen LogP contribution >= 0.6 is 11.8 Å². The number of hydrogen-bond acceptors (Lipinski definition) is 4. The van der Waals surface area contributed by atoms with Crippen molar-refractivity contribution >= 4 is 29.8 Å². The first-order valence-electron chi connectivity index (χ1n) is 5.36. The number of esters is 1. The molecular weight excluding hydrogens is 271 g/mol. The molecule has 0 bridgehead atoms. The van der Waals surface area contributed by atoms with Crippen molar-refractivity contribution in [2.24, 2.45) is 0 Å². The highest BCUT2D eigenvalue weighted by atomic mass is 32.2. The van der Waals surface area contributed by atoms with Gasteiger partial charge in [0.25, 0.3) is 0 Å². The van der Waals surface area contributed by atoms with Crippen molar-refractivity contribution in [3.63, 3.8) is 0 Å². The smallest absolute Gasteiger partial charge is 0.328 e. The predicted octanol–water partition coefficient (Wildman–Crippen LogP) is 2.33. The highest BCUT2D eigenvalue weighted by molar-refractivity contribution is 7.99. The van der Waals surface area contributed by atoms with Gasteiger partial charge in [-0.25, -0.2) is 9.18 Å². The standard InChI is InChI=1S/C13H13FO4S/c1-18-13(17)8-19-7-10-4-9(2-3-12(15)16)5-11(14)6-10/h2-6H,7-8H2,1H3,(H,15,16). The number of methoxy groups -OCH3 is 1. The lowest BCUT2D eigenvalue weighted by Crippen LogP contribution is -2.03. The minimum atomic E-state index is -1.09. The highest BCUT2D eigenvalue weighted by Gasteiger charge is 2.03. The predicted molar refractivity (Wildman–Crippen MR) is 71.2 cm³/mol. The Morgan fingerprint density at radius 3 is 2.79 bits per heavy atom. The van der Waals surface area contributed by atoms with E-state index < -0.39 is 11.8 Å². The summed E-state index contributed by atoms with van der Waals surface area (Å²) in [5, 5.41) is 8.51. The van der Waals surface area contributed by atoms with Gasteiger partial charge in [0.1, 0.15) is 5.82 Å². The topological polar surface area (TPSA) is 63.6 Å². The third-order valence-corrected chi connectivity index (χ3v) is 3.09. The van der Waals surface area contributed by atoms with E-state index >= 15 is 0 Å².